The van der Waals surface area contributed by atoms with Gasteiger partial charge in [0.1, 0.15) is 0 Å². The first-order valence-corrected chi connectivity index (χ1v) is 2.43. The van der Waals surface area contributed by atoms with E-state index in [2.05, 4.69) is 16.8 Å². The second-order valence-corrected chi connectivity index (χ2v) is 1.22. The number of azo groups is 1. The molecule has 0 bridgehead atoms. The molecule has 0 aliphatic carbocycles. The Balaban J connectivity index is 3.91. The fraction of sp³-hybridized carbons (Fsp3) is 0.333. The summed E-state index contributed by atoms with van der Waals surface area (Å²) >= 11 is 0. The van der Waals surface area contributed by atoms with Crippen molar-refractivity contribution in [2.75, 3.05) is 7.05 Å². The van der Waals surface area contributed by atoms with Crippen molar-refractivity contribution in [1.82, 2.24) is 0 Å². The Morgan fingerprint density at radius 3 is 2.38 bits per heavy atom. The monoisotopic (exact) mass is 110 g/mol. The average molecular weight is 110 g/mol. The van der Waals surface area contributed by atoms with Crippen LogP contribution in [-0.4, -0.2) is 7.05 Å². The Morgan fingerprint density at radius 2 is 2.25 bits per heavy atom. The minimum atomic E-state index is 0.813. The Hall–Kier alpha value is -0.920. The maximum atomic E-state index is 3.73. The molecule has 44 valence electrons. The number of allylic oxidation sites excluding steroid dienone is 2. The lowest BCUT2D eigenvalue weighted by atomic mass is 10.4. The molecule has 8 heavy (non-hydrogen) atoms. The summed E-state index contributed by atoms with van der Waals surface area (Å²) in [7, 11) is 1.63. The molecule has 0 radical (unpaired) electrons. The van der Waals surface area contributed by atoms with E-state index in [1.54, 1.807) is 13.1 Å². The molecule has 0 unspecified atom stereocenters. The minimum Gasteiger partial charge on any atom is -0.192 e. The fourth-order valence-electron chi connectivity index (χ4n) is 0.332. The lowest BCUT2D eigenvalue weighted by Gasteiger charge is -1.83. The van der Waals surface area contributed by atoms with Crippen molar-refractivity contribution < 1.29 is 0 Å². The first-order chi connectivity index (χ1) is 3.85. The first-order valence-electron chi connectivity index (χ1n) is 2.43. The van der Waals surface area contributed by atoms with Crippen LogP contribution in [0.2, 0.25) is 0 Å². The third-order valence-corrected chi connectivity index (χ3v) is 0.720. The predicted octanol–water partition coefficient (Wildman–Crippen LogP) is 2.16. The van der Waals surface area contributed by atoms with Gasteiger partial charge in [0.05, 0.1) is 5.70 Å². The highest BCUT2D eigenvalue weighted by molar-refractivity contribution is 5.11. The molecule has 0 saturated heterocycles. The third kappa shape index (κ3) is 2.29. The van der Waals surface area contributed by atoms with Gasteiger partial charge in [0, 0.05) is 7.05 Å². The summed E-state index contributed by atoms with van der Waals surface area (Å²) in [6.07, 6.45) is 3.51. The van der Waals surface area contributed by atoms with Gasteiger partial charge in [-0.05, 0) is 13.0 Å². The summed E-state index contributed by atoms with van der Waals surface area (Å²) in [4.78, 5) is 0. The van der Waals surface area contributed by atoms with Crippen LogP contribution >= 0.6 is 0 Å². The van der Waals surface area contributed by atoms with E-state index in [0.717, 1.165) is 5.70 Å². The highest BCUT2D eigenvalue weighted by atomic mass is 15.1. The quantitative estimate of drug-likeness (QED) is 0.384. The fourth-order valence-corrected chi connectivity index (χ4v) is 0.332. The van der Waals surface area contributed by atoms with Gasteiger partial charge in [0.2, 0.25) is 0 Å². The Bertz CT molecular complexity index is 122. The Labute approximate surface area is 49.6 Å². The Kier molecular flexibility index (Phi) is 3.76. The maximum Gasteiger partial charge on any atom is 0.0803 e. The summed E-state index contributed by atoms with van der Waals surface area (Å²) in [6.45, 7) is 5.42. The van der Waals surface area contributed by atoms with E-state index in [1.807, 2.05) is 13.0 Å². The summed E-state index contributed by atoms with van der Waals surface area (Å²) in [6, 6.07) is 0. The number of hydrogen-bond donors (Lipinski definition) is 0. The molecule has 0 rings (SSSR count). The number of nitrogens with zero attached hydrogens (tertiary/aromatic N) is 2. The van der Waals surface area contributed by atoms with Crippen LogP contribution in [0.5, 0.6) is 0 Å². The summed E-state index contributed by atoms with van der Waals surface area (Å²) in [5.41, 5.74) is 0.813. The van der Waals surface area contributed by atoms with Crippen molar-refractivity contribution in [2.45, 2.75) is 6.92 Å². The van der Waals surface area contributed by atoms with Gasteiger partial charge in [0.25, 0.3) is 0 Å². The zero-order valence-corrected chi connectivity index (χ0v) is 5.26. The van der Waals surface area contributed by atoms with Gasteiger partial charge in [-0.2, -0.15) is 10.2 Å². The largest absolute Gasteiger partial charge is 0.192 e. The van der Waals surface area contributed by atoms with E-state index in [0.29, 0.717) is 0 Å². The van der Waals surface area contributed by atoms with E-state index >= 15 is 0 Å². The van der Waals surface area contributed by atoms with Gasteiger partial charge >= 0.3 is 0 Å². The number of hydrogen-bond acceptors (Lipinski definition) is 2. The summed E-state index contributed by atoms with van der Waals surface area (Å²) in [5.74, 6) is 0. The van der Waals surface area contributed by atoms with E-state index in [-0.39, 0.29) is 0 Å². The van der Waals surface area contributed by atoms with Crippen molar-refractivity contribution in [2.24, 2.45) is 10.2 Å². The van der Waals surface area contributed by atoms with Gasteiger partial charge in [0.15, 0.2) is 0 Å². The van der Waals surface area contributed by atoms with Crippen molar-refractivity contribution in [3.63, 3.8) is 0 Å². The molecule has 2 heteroatoms. The Morgan fingerprint density at radius 1 is 1.62 bits per heavy atom. The molecule has 0 aliphatic rings. The second-order valence-electron chi connectivity index (χ2n) is 1.22. The van der Waals surface area contributed by atoms with Gasteiger partial charge in [-0.15, -0.1) is 0 Å². The smallest absolute Gasteiger partial charge is 0.0803 e. The standard InChI is InChI=1S/C6H10N2/c1-4-6(5-2)8-7-3/h4-5H,1H2,2-3H3/b6-5+,8-7?. The molecule has 0 saturated carbocycles. The second kappa shape index (κ2) is 4.24. The highest BCUT2D eigenvalue weighted by Gasteiger charge is 1.77. The zero-order valence-electron chi connectivity index (χ0n) is 5.26. The molecule has 0 aromatic carbocycles. The SMILES string of the molecule is C=C/C(=C\C)N=NC. The lowest BCUT2D eigenvalue weighted by molar-refractivity contribution is 1.11. The van der Waals surface area contributed by atoms with Crippen LogP contribution in [0.25, 0.3) is 0 Å². The number of rotatable bonds is 2. The third-order valence-electron chi connectivity index (χ3n) is 0.720. The maximum absolute atomic E-state index is 3.73. The molecular weight excluding hydrogens is 100 g/mol. The summed E-state index contributed by atoms with van der Waals surface area (Å²) in [5, 5.41) is 7.29. The topological polar surface area (TPSA) is 24.7 Å². The van der Waals surface area contributed by atoms with Crippen molar-refractivity contribution in [3.05, 3.63) is 24.4 Å². The minimum absolute atomic E-state index is 0.813. The molecule has 0 fully saturated rings. The molecule has 0 amide bonds. The van der Waals surface area contributed by atoms with Crippen LogP contribution in [0.15, 0.2) is 34.7 Å². The van der Waals surface area contributed by atoms with Gasteiger partial charge in [-0.25, -0.2) is 0 Å². The highest BCUT2D eigenvalue weighted by Crippen LogP contribution is 1.95. The molecule has 0 heterocycles. The van der Waals surface area contributed by atoms with Crippen molar-refractivity contribution in [3.8, 4) is 0 Å². The molecule has 0 aromatic rings. The molecular formula is C6H10N2. The first kappa shape index (κ1) is 7.08. The molecule has 0 atom stereocenters. The average Bonchev–Trinajstić information content (AvgIpc) is 1.83. The summed E-state index contributed by atoms with van der Waals surface area (Å²) < 4.78 is 0. The van der Waals surface area contributed by atoms with Crippen LogP contribution in [-0.2, 0) is 0 Å². The van der Waals surface area contributed by atoms with Gasteiger partial charge in [-0.3, -0.25) is 0 Å². The van der Waals surface area contributed by atoms with Crippen LogP contribution in [0, 0.1) is 0 Å². The van der Waals surface area contributed by atoms with Crippen LogP contribution < -0.4 is 0 Å². The van der Waals surface area contributed by atoms with E-state index in [1.165, 1.54) is 0 Å². The van der Waals surface area contributed by atoms with Crippen LogP contribution in [0.3, 0.4) is 0 Å². The van der Waals surface area contributed by atoms with E-state index < -0.39 is 0 Å². The molecule has 0 aliphatic heterocycles. The van der Waals surface area contributed by atoms with E-state index in [9.17, 15) is 0 Å². The van der Waals surface area contributed by atoms with Gasteiger partial charge in [-0.1, -0.05) is 12.7 Å². The molecule has 0 N–H and O–H groups in total. The zero-order chi connectivity index (χ0) is 6.41. The van der Waals surface area contributed by atoms with Crippen LogP contribution in [0.4, 0.5) is 0 Å². The predicted molar refractivity (Wildman–Crippen MR) is 34.7 cm³/mol. The molecule has 2 nitrogen and oxygen atoms in total. The van der Waals surface area contributed by atoms with E-state index in [4.69, 9.17) is 0 Å². The van der Waals surface area contributed by atoms with Crippen molar-refractivity contribution in [1.29, 1.82) is 0 Å². The lowest BCUT2D eigenvalue weighted by Crippen LogP contribution is -1.64. The molecule has 0 spiro atoms. The van der Waals surface area contributed by atoms with Crippen LogP contribution in [0.1, 0.15) is 6.92 Å². The van der Waals surface area contributed by atoms with Crippen molar-refractivity contribution >= 4 is 0 Å². The van der Waals surface area contributed by atoms with Gasteiger partial charge < -0.3 is 0 Å². The normalized spacial score (nSPS) is 12.5. The molecule has 0 aromatic heterocycles.